The summed E-state index contributed by atoms with van der Waals surface area (Å²) in [6.07, 6.45) is -2.21. The summed E-state index contributed by atoms with van der Waals surface area (Å²) in [7, 11) is 0. The Bertz CT molecular complexity index is 1070. The Morgan fingerprint density at radius 2 is 1.83 bits per heavy atom. The van der Waals surface area contributed by atoms with Gasteiger partial charge in [-0.2, -0.15) is 13.2 Å². The predicted molar refractivity (Wildman–Crippen MR) is 119 cm³/mol. The number of nitrogens with zero attached hydrogens (tertiary/aromatic N) is 2. The number of alkyl halides is 3. The van der Waals surface area contributed by atoms with E-state index in [2.05, 4.69) is 10.6 Å². The van der Waals surface area contributed by atoms with Crippen molar-refractivity contribution in [3.8, 4) is 0 Å². The SMILES string of the molecule is CC1(C)NC(=O)N(CC(=O)N2[C@H]3CCCCC(=O)N[C@@]3(C)C[C@H]2c2cccc(C(F)(F)F)c2)C1=O. The lowest BCUT2D eigenvalue weighted by Gasteiger charge is -2.38. The van der Waals surface area contributed by atoms with Crippen molar-refractivity contribution in [3.63, 3.8) is 0 Å². The van der Waals surface area contributed by atoms with Gasteiger partial charge >= 0.3 is 12.2 Å². The minimum absolute atomic E-state index is 0.176. The van der Waals surface area contributed by atoms with Crippen LogP contribution in [0.3, 0.4) is 0 Å². The van der Waals surface area contributed by atoms with Gasteiger partial charge in [-0.05, 0) is 57.7 Å². The Labute approximate surface area is 201 Å². The molecule has 3 saturated heterocycles. The van der Waals surface area contributed by atoms with Crippen LogP contribution in [0.1, 0.15) is 70.0 Å². The van der Waals surface area contributed by atoms with Gasteiger partial charge in [-0.1, -0.05) is 18.6 Å². The molecule has 1 aromatic carbocycles. The lowest BCUT2D eigenvalue weighted by molar-refractivity contribution is -0.141. The maximum absolute atomic E-state index is 13.7. The minimum Gasteiger partial charge on any atom is -0.349 e. The number of hydrogen-bond acceptors (Lipinski definition) is 4. The van der Waals surface area contributed by atoms with Crippen molar-refractivity contribution in [2.24, 2.45) is 0 Å². The van der Waals surface area contributed by atoms with Crippen molar-refractivity contribution < 1.29 is 32.3 Å². The molecule has 0 bridgehead atoms. The number of urea groups is 1. The van der Waals surface area contributed by atoms with Gasteiger partial charge in [-0.15, -0.1) is 0 Å². The highest BCUT2D eigenvalue weighted by Crippen LogP contribution is 2.46. The van der Waals surface area contributed by atoms with E-state index in [9.17, 15) is 32.3 Å². The highest BCUT2D eigenvalue weighted by atomic mass is 19.4. The van der Waals surface area contributed by atoms with E-state index in [4.69, 9.17) is 0 Å². The molecule has 0 aliphatic carbocycles. The number of nitrogens with one attached hydrogen (secondary N) is 2. The van der Waals surface area contributed by atoms with Crippen LogP contribution in [0.15, 0.2) is 24.3 Å². The summed E-state index contributed by atoms with van der Waals surface area (Å²) in [5.41, 5.74) is -2.58. The van der Waals surface area contributed by atoms with Gasteiger partial charge in [0.15, 0.2) is 0 Å². The molecule has 0 unspecified atom stereocenters. The van der Waals surface area contributed by atoms with Gasteiger partial charge in [0.2, 0.25) is 11.8 Å². The van der Waals surface area contributed by atoms with Gasteiger partial charge in [0.25, 0.3) is 5.91 Å². The van der Waals surface area contributed by atoms with Crippen LogP contribution >= 0.6 is 0 Å². The minimum atomic E-state index is -4.56. The molecule has 35 heavy (non-hydrogen) atoms. The summed E-state index contributed by atoms with van der Waals surface area (Å²) in [4.78, 5) is 53.5. The van der Waals surface area contributed by atoms with E-state index in [1.165, 1.54) is 30.9 Å². The van der Waals surface area contributed by atoms with Crippen molar-refractivity contribution in [3.05, 3.63) is 35.4 Å². The highest BCUT2D eigenvalue weighted by molar-refractivity contribution is 6.08. The predicted octanol–water partition coefficient (Wildman–Crippen LogP) is 3.13. The number of fused-ring (bicyclic) bond motifs is 1. The second-order valence-electron chi connectivity index (χ2n) is 10.3. The Morgan fingerprint density at radius 1 is 1.11 bits per heavy atom. The van der Waals surface area contributed by atoms with E-state index >= 15 is 0 Å². The molecular weight excluding hydrogens is 465 g/mol. The van der Waals surface area contributed by atoms with Crippen molar-refractivity contribution in [1.82, 2.24) is 20.4 Å². The van der Waals surface area contributed by atoms with Gasteiger partial charge in [0.1, 0.15) is 12.1 Å². The fraction of sp³-hybridized carbons (Fsp3) is 0.583. The molecular formula is C24H29F3N4O4. The molecule has 5 amide bonds. The smallest absolute Gasteiger partial charge is 0.349 e. The third kappa shape index (κ3) is 4.60. The van der Waals surface area contributed by atoms with Crippen LogP contribution < -0.4 is 10.6 Å². The maximum atomic E-state index is 13.7. The number of amides is 5. The molecule has 4 rings (SSSR count). The molecule has 1 aromatic rings. The quantitative estimate of drug-likeness (QED) is 0.631. The zero-order chi connectivity index (χ0) is 25.8. The van der Waals surface area contributed by atoms with E-state index < -0.39 is 59.3 Å². The van der Waals surface area contributed by atoms with Crippen LogP contribution in [-0.2, 0) is 20.6 Å². The van der Waals surface area contributed by atoms with Gasteiger partial charge in [0, 0.05) is 6.42 Å². The van der Waals surface area contributed by atoms with Crippen molar-refractivity contribution in [2.45, 2.75) is 82.2 Å². The fourth-order valence-electron chi connectivity index (χ4n) is 5.48. The Hall–Kier alpha value is -3.11. The van der Waals surface area contributed by atoms with Crippen LogP contribution in [0.5, 0.6) is 0 Å². The largest absolute Gasteiger partial charge is 0.416 e. The first kappa shape index (κ1) is 25.0. The molecule has 0 aromatic heterocycles. The number of likely N-dealkylation sites (tertiary alicyclic amines) is 1. The van der Waals surface area contributed by atoms with Crippen molar-refractivity contribution in [1.29, 1.82) is 0 Å². The summed E-state index contributed by atoms with van der Waals surface area (Å²) in [6.45, 7) is 4.32. The number of benzene rings is 1. The molecule has 3 aliphatic heterocycles. The number of imide groups is 1. The average Bonchev–Trinajstić information content (AvgIpc) is 3.13. The average molecular weight is 495 g/mol. The second-order valence-corrected chi connectivity index (χ2v) is 10.3. The van der Waals surface area contributed by atoms with E-state index in [0.717, 1.165) is 17.0 Å². The van der Waals surface area contributed by atoms with Gasteiger partial charge in [-0.25, -0.2) is 4.79 Å². The first-order valence-corrected chi connectivity index (χ1v) is 11.7. The van der Waals surface area contributed by atoms with Crippen LogP contribution in [-0.4, -0.2) is 57.2 Å². The maximum Gasteiger partial charge on any atom is 0.416 e. The van der Waals surface area contributed by atoms with Crippen molar-refractivity contribution in [2.75, 3.05) is 6.54 Å². The fourth-order valence-corrected chi connectivity index (χ4v) is 5.48. The number of carbonyl (C=O) groups excluding carboxylic acids is 4. The first-order chi connectivity index (χ1) is 16.2. The molecule has 3 fully saturated rings. The van der Waals surface area contributed by atoms with Crippen LogP contribution in [0.4, 0.5) is 18.0 Å². The first-order valence-electron chi connectivity index (χ1n) is 11.7. The van der Waals surface area contributed by atoms with Crippen molar-refractivity contribution >= 4 is 23.8 Å². The zero-order valence-corrected chi connectivity index (χ0v) is 19.9. The van der Waals surface area contributed by atoms with Gasteiger partial charge in [0.05, 0.1) is 23.2 Å². The Morgan fingerprint density at radius 3 is 2.46 bits per heavy atom. The molecule has 3 atom stereocenters. The van der Waals surface area contributed by atoms with Crippen LogP contribution in [0.25, 0.3) is 0 Å². The summed E-state index contributed by atoms with van der Waals surface area (Å²) < 4.78 is 40.3. The molecule has 2 N–H and O–H groups in total. The summed E-state index contributed by atoms with van der Waals surface area (Å²) in [5.74, 6) is -1.29. The number of hydrogen-bond donors (Lipinski definition) is 2. The molecule has 0 spiro atoms. The topological polar surface area (TPSA) is 98.8 Å². The normalized spacial score (nSPS) is 28.8. The van der Waals surface area contributed by atoms with E-state index in [-0.39, 0.29) is 17.9 Å². The van der Waals surface area contributed by atoms with E-state index in [0.29, 0.717) is 25.7 Å². The van der Waals surface area contributed by atoms with E-state index in [1.807, 2.05) is 0 Å². The van der Waals surface area contributed by atoms with Crippen LogP contribution in [0, 0.1) is 0 Å². The molecule has 0 saturated carbocycles. The zero-order valence-electron chi connectivity index (χ0n) is 19.9. The Kier molecular flexibility index (Phi) is 6.09. The lowest BCUT2D eigenvalue weighted by atomic mass is 9.85. The highest BCUT2D eigenvalue weighted by Gasteiger charge is 2.54. The molecule has 3 aliphatic rings. The molecule has 11 heteroatoms. The molecule has 190 valence electrons. The summed E-state index contributed by atoms with van der Waals surface area (Å²) in [5, 5.41) is 5.52. The number of carbonyl (C=O) groups is 4. The molecule has 8 nitrogen and oxygen atoms in total. The monoisotopic (exact) mass is 494 g/mol. The van der Waals surface area contributed by atoms with Gasteiger partial charge < -0.3 is 15.5 Å². The second kappa shape index (κ2) is 8.53. The standard InChI is InChI=1S/C24H29F3N4O4/c1-22(2)20(34)30(21(35)29-22)13-19(33)31-16(14-7-6-8-15(11-14)24(25,26)27)12-23(3)17(31)9-4-5-10-18(32)28-23/h6-8,11,16-17H,4-5,9-10,12-13H2,1-3H3,(H,28,32)(H,29,35)/t16-,17-,23-/m0/s1. The lowest BCUT2D eigenvalue weighted by Crippen LogP contribution is -2.57. The molecule has 0 radical (unpaired) electrons. The third-order valence-corrected chi connectivity index (χ3v) is 7.21. The number of rotatable bonds is 3. The van der Waals surface area contributed by atoms with Gasteiger partial charge in [-0.3, -0.25) is 19.3 Å². The molecule has 3 heterocycles. The van der Waals surface area contributed by atoms with E-state index in [1.54, 1.807) is 6.92 Å². The number of halogens is 3. The summed E-state index contributed by atoms with van der Waals surface area (Å²) >= 11 is 0. The third-order valence-electron chi connectivity index (χ3n) is 7.21. The van der Waals surface area contributed by atoms with Crippen LogP contribution in [0.2, 0.25) is 0 Å². The Balaban J connectivity index is 1.73. The summed E-state index contributed by atoms with van der Waals surface area (Å²) in [6, 6.07) is 2.83.